The van der Waals surface area contributed by atoms with Gasteiger partial charge in [0.2, 0.25) is 0 Å². The summed E-state index contributed by atoms with van der Waals surface area (Å²) < 4.78 is 12.7. The van der Waals surface area contributed by atoms with Crippen LogP contribution in [0.25, 0.3) is 23.3 Å². The molecule has 0 atom stereocenters. The van der Waals surface area contributed by atoms with Gasteiger partial charge in [0.15, 0.2) is 0 Å². The number of benzene rings is 2. The summed E-state index contributed by atoms with van der Waals surface area (Å²) in [5.41, 5.74) is 6.88. The van der Waals surface area contributed by atoms with Crippen LogP contribution < -0.4 is 24.8 Å². The molecule has 0 saturated heterocycles. The predicted molar refractivity (Wildman–Crippen MR) is 163 cm³/mol. The summed E-state index contributed by atoms with van der Waals surface area (Å²) in [6, 6.07) is 16.6. The Balaban J connectivity index is 0.000000688. The van der Waals surface area contributed by atoms with Crippen LogP contribution in [0.15, 0.2) is 73.2 Å². The van der Waals surface area contributed by atoms with E-state index >= 15 is 0 Å². The van der Waals surface area contributed by atoms with E-state index in [1.165, 1.54) is 22.3 Å². The van der Waals surface area contributed by atoms with Gasteiger partial charge in [0.1, 0.15) is 0 Å². The van der Waals surface area contributed by atoms with Gasteiger partial charge in [-0.2, -0.15) is 0 Å². The van der Waals surface area contributed by atoms with Gasteiger partial charge in [-0.3, -0.25) is 0 Å². The molecule has 0 unspecified atom stereocenters. The second-order valence-corrected chi connectivity index (χ2v) is 22.3. The molecule has 0 amide bonds. The Morgan fingerprint density at radius 3 is 1.10 bits per heavy atom. The first kappa shape index (κ1) is 37.9. The van der Waals surface area contributed by atoms with Crippen LogP contribution in [-0.2, 0) is 35.1 Å². The van der Waals surface area contributed by atoms with Crippen molar-refractivity contribution in [2.45, 2.75) is 77.8 Å². The number of halogens is 2. The minimum atomic E-state index is -1.78. The molecular formula is C32H44Cl2O2Si2Zr-2. The van der Waals surface area contributed by atoms with E-state index in [-0.39, 0.29) is 61.1 Å². The molecule has 2 aliphatic carbocycles. The number of hydrogen-bond acceptors (Lipinski definition) is 2. The van der Waals surface area contributed by atoms with Crippen LogP contribution in [-0.4, -0.2) is 16.6 Å². The van der Waals surface area contributed by atoms with E-state index < -0.39 is 16.6 Å². The van der Waals surface area contributed by atoms with E-state index in [1.54, 1.807) is 0 Å². The molecule has 0 aromatic heterocycles. The largest absolute Gasteiger partial charge is 2.00 e. The molecule has 0 heterocycles. The van der Waals surface area contributed by atoms with Crippen LogP contribution in [0.2, 0.25) is 36.3 Å². The summed E-state index contributed by atoms with van der Waals surface area (Å²) in [5, 5.41) is 0.422. The Morgan fingerprint density at radius 2 is 0.846 bits per heavy atom. The molecule has 2 nitrogen and oxygen atoms in total. The average Bonchev–Trinajstić information content (AvgIpc) is 3.23. The maximum absolute atomic E-state index is 6.36. The molecule has 0 N–H and O–H groups in total. The first-order valence-electron chi connectivity index (χ1n) is 12.8. The van der Waals surface area contributed by atoms with E-state index in [1.807, 2.05) is 12.1 Å². The van der Waals surface area contributed by atoms with Crippen LogP contribution in [0, 0.1) is 0 Å². The van der Waals surface area contributed by atoms with Gasteiger partial charge in [0.05, 0.1) is 11.5 Å². The quantitative estimate of drug-likeness (QED) is 0.453. The zero-order valence-corrected chi connectivity index (χ0v) is 31.2. The van der Waals surface area contributed by atoms with E-state index in [2.05, 4.69) is 129 Å². The van der Waals surface area contributed by atoms with Gasteiger partial charge < -0.3 is 33.7 Å². The molecule has 0 spiro atoms. The topological polar surface area (TPSA) is 18.5 Å². The number of rotatable bonds is 4. The molecule has 212 valence electrons. The predicted octanol–water partition coefficient (Wildman–Crippen LogP) is 4.16. The third kappa shape index (κ3) is 8.46. The Bertz CT molecular complexity index is 1150. The van der Waals surface area contributed by atoms with E-state index in [0.29, 0.717) is 0 Å². The van der Waals surface area contributed by atoms with Gasteiger partial charge >= 0.3 is 26.2 Å². The van der Waals surface area contributed by atoms with Gasteiger partial charge in [-0.15, -0.1) is 36.3 Å². The number of allylic oxidation sites excluding steroid dienone is 2. The fourth-order valence-electron chi connectivity index (χ4n) is 3.56. The fraction of sp³-hybridized carbons (Fsp3) is 0.375. The van der Waals surface area contributed by atoms with Crippen molar-refractivity contribution in [2.75, 3.05) is 0 Å². The number of hydrogen-bond donors (Lipinski definition) is 0. The van der Waals surface area contributed by atoms with Crippen LogP contribution in [0.4, 0.5) is 0 Å². The summed E-state index contributed by atoms with van der Waals surface area (Å²) >= 11 is 0. The summed E-state index contributed by atoms with van der Waals surface area (Å²) in [4.78, 5) is 0. The zero-order chi connectivity index (χ0) is 27.1. The van der Waals surface area contributed by atoms with Gasteiger partial charge in [-0.05, 0) is 34.4 Å². The minimum Gasteiger partial charge on any atom is -1.00 e. The molecule has 2 aromatic rings. The summed E-state index contributed by atoms with van der Waals surface area (Å²) in [7, 11) is -3.56. The fourth-order valence-corrected chi connectivity index (χ4v) is 5.63. The van der Waals surface area contributed by atoms with Crippen molar-refractivity contribution in [2.24, 2.45) is 0 Å². The third-order valence-corrected chi connectivity index (χ3v) is 16.8. The molecule has 2 aromatic carbocycles. The normalized spacial score (nSPS) is 14.2. The first-order valence-corrected chi connectivity index (χ1v) is 18.6. The second-order valence-electron chi connectivity index (χ2n) is 12.9. The van der Waals surface area contributed by atoms with Gasteiger partial charge in [-0.1, -0.05) is 103 Å². The van der Waals surface area contributed by atoms with Crippen molar-refractivity contribution in [3.8, 4) is 0 Å². The second kappa shape index (κ2) is 13.7. The summed E-state index contributed by atoms with van der Waals surface area (Å²) in [5.74, 6) is 1.92. The van der Waals surface area contributed by atoms with Gasteiger partial charge in [-0.25, -0.2) is 0 Å². The average molecular weight is 679 g/mol. The molecule has 2 aliphatic rings. The Morgan fingerprint density at radius 1 is 0.564 bits per heavy atom. The Hall–Kier alpha value is -1.10. The van der Waals surface area contributed by atoms with Gasteiger partial charge in [0.25, 0.3) is 0 Å². The van der Waals surface area contributed by atoms with Crippen LogP contribution in [0.5, 0.6) is 0 Å². The van der Waals surface area contributed by atoms with Crippen LogP contribution in [0.3, 0.4) is 0 Å². The van der Waals surface area contributed by atoms with Crippen molar-refractivity contribution < 1.29 is 59.9 Å². The monoisotopic (exact) mass is 676 g/mol. The Kier molecular flexibility index (Phi) is 13.3. The molecular weight excluding hydrogens is 635 g/mol. The van der Waals surface area contributed by atoms with Crippen molar-refractivity contribution in [3.05, 3.63) is 95.5 Å². The smallest absolute Gasteiger partial charge is 1.00 e. The zero-order valence-electron chi connectivity index (χ0n) is 25.3. The molecule has 0 aliphatic heterocycles. The first-order chi connectivity index (χ1) is 16.4. The maximum Gasteiger partial charge on any atom is 2.00 e. The van der Waals surface area contributed by atoms with E-state index in [9.17, 15) is 0 Å². The van der Waals surface area contributed by atoms with Crippen molar-refractivity contribution in [3.63, 3.8) is 0 Å². The molecule has 0 radical (unpaired) electrons. The van der Waals surface area contributed by atoms with E-state index in [0.717, 1.165) is 22.7 Å². The third-order valence-electron chi connectivity index (χ3n) is 8.08. The van der Waals surface area contributed by atoms with Crippen LogP contribution >= 0.6 is 0 Å². The SMILES string of the molecule is C=C1C(O[Si-](C)(C)C(C)(C)C)=Cc2ccccc21.C=C1C(O[Si-](C)(C)C(C)(C)C)=Cc2ccccc21.[Cl-].[Cl-].[Zr+2]. The molecule has 39 heavy (non-hydrogen) atoms. The summed E-state index contributed by atoms with van der Waals surface area (Å²) in [6.45, 7) is 30.9. The molecule has 0 saturated carbocycles. The molecule has 0 bridgehead atoms. The van der Waals surface area contributed by atoms with Crippen LogP contribution in [0.1, 0.15) is 63.8 Å². The van der Waals surface area contributed by atoms with Gasteiger partial charge in [0, 0.05) is 27.8 Å². The molecule has 4 rings (SSSR count). The minimum absolute atomic E-state index is 0. The van der Waals surface area contributed by atoms with E-state index in [4.69, 9.17) is 8.85 Å². The molecule has 0 fully saturated rings. The summed E-state index contributed by atoms with van der Waals surface area (Å²) in [6.07, 6.45) is 4.25. The van der Waals surface area contributed by atoms with Crippen molar-refractivity contribution >= 4 is 39.9 Å². The number of fused-ring (bicyclic) bond motifs is 2. The van der Waals surface area contributed by atoms with Crippen molar-refractivity contribution in [1.82, 2.24) is 0 Å². The Labute approximate surface area is 271 Å². The standard InChI is InChI=1S/2C16H22OSi.2ClH.Zr/c2*1-12-14-10-8-7-9-13(14)11-15(12)17-18(5,6)16(2,3)4;;;/h2*7-11H,1H2,2-6H3;2*1H;/q2*-1;;;+2/p-2. The molecule has 7 heteroatoms. The maximum atomic E-state index is 6.36. The van der Waals surface area contributed by atoms with Crippen molar-refractivity contribution in [1.29, 1.82) is 0 Å².